The Balaban J connectivity index is 1.81. The molecule has 9 nitrogen and oxygen atoms in total. The summed E-state index contributed by atoms with van der Waals surface area (Å²) in [5.41, 5.74) is 7.17. The Bertz CT molecular complexity index is 1170. The number of carbonyl (C=O) groups excluding carboxylic acids is 1. The predicted octanol–water partition coefficient (Wildman–Crippen LogP) is 1.31. The summed E-state index contributed by atoms with van der Waals surface area (Å²) < 4.78 is 7.52. The number of nitrogen functional groups attached to an aromatic ring is 1. The van der Waals surface area contributed by atoms with Crippen molar-refractivity contribution in [1.29, 1.82) is 0 Å². The van der Waals surface area contributed by atoms with Crippen LogP contribution >= 0.6 is 11.8 Å². The van der Waals surface area contributed by atoms with Crippen molar-refractivity contribution in [2.45, 2.75) is 19.1 Å². The number of anilines is 1. The van der Waals surface area contributed by atoms with Crippen LogP contribution < -0.4 is 17.0 Å². The smallest absolute Gasteiger partial charge is 0.332 e. The molecule has 0 bridgehead atoms. The quantitative estimate of drug-likeness (QED) is 0.501. The van der Waals surface area contributed by atoms with Crippen molar-refractivity contribution in [3.8, 4) is 11.5 Å². The second-order valence-electron chi connectivity index (χ2n) is 6.43. The Labute approximate surface area is 164 Å². The van der Waals surface area contributed by atoms with Crippen LogP contribution in [-0.4, -0.2) is 30.9 Å². The molecular weight excluding hydrogens is 382 g/mol. The van der Waals surface area contributed by atoms with Crippen molar-refractivity contribution in [2.24, 2.45) is 14.1 Å². The fourth-order valence-corrected chi connectivity index (χ4v) is 3.44. The summed E-state index contributed by atoms with van der Waals surface area (Å²) in [7, 11) is 2.69. The number of Topliss-reactive ketones (excluding diaryl/α,β-unsaturated/α-hetero) is 1. The van der Waals surface area contributed by atoms with Crippen molar-refractivity contribution in [2.75, 3.05) is 11.5 Å². The minimum atomic E-state index is -0.729. The lowest BCUT2D eigenvalue weighted by molar-refractivity contribution is 0.102. The first-order chi connectivity index (χ1) is 13.2. The highest BCUT2D eigenvalue weighted by Gasteiger charge is 2.21. The van der Waals surface area contributed by atoms with E-state index in [1.807, 2.05) is 32.0 Å². The van der Waals surface area contributed by atoms with Gasteiger partial charge in [-0.1, -0.05) is 29.0 Å². The molecule has 10 heteroatoms. The largest absolute Gasteiger partial charge is 0.411 e. The maximum absolute atomic E-state index is 12.5. The molecule has 0 spiro atoms. The molecule has 0 atom stereocenters. The van der Waals surface area contributed by atoms with Crippen molar-refractivity contribution < 1.29 is 9.21 Å². The molecule has 0 amide bonds. The number of aryl methyl sites for hydroxylation is 2. The third kappa shape index (κ3) is 3.63. The molecule has 3 rings (SSSR count). The molecule has 0 unspecified atom stereocenters. The van der Waals surface area contributed by atoms with Crippen molar-refractivity contribution in [3.05, 3.63) is 55.7 Å². The molecule has 2 heterocycles. The van der Waals surface area contributed by atoms with Crippen LogP contribution in [0.15, 0.2) is 37.4 Å². The van der Waals surface area contributed by atoms with Crippen LogP contribution in [0, 0.1) is 13.8 Å². The van der Waals surface area contributed by atoms with Gasteiger partial charge in [0.2, 0.25) is 5.89 Å². The maximum Gasteiger partial charge on any atom is 0.332 e. The summed E-state index contributed by atoms with van der Waals surface area (Å²) in [6, 6.07) is 5.89. The average molecular weight is 401 g/mol. The first-order valence-electron chi connectivity index (χ1n) is 8.32. The van der Waals surface area contributed by atoms with Gasteiger partial charge < -0.3 is 10.2 Å². The summed E-state index contributed by atoms with van der Waals surface area (Å²) in [4.78, 5) is 36.6. The topological polar surface area (TPSA) is 126 Å². The summed E-state index contributed by atoms with van der Waals surface area (Å²) in [5.74, 6) is -0.476. The molecule has 3 aromatic rings. The molecule has 28 heavy (non-hydrogen) atoms. The van der Waals surface area contributed by atoms with E-state index in [4.69, 9.17) is 10.2 Å². The standard InChI is InChI=1S/C18H19N5O4S/c1-9-5-10(2)7-11(6-9)15-20-21-17(27-15)28-8-12(24)13-14(19)22(3)18(26)23(4)16(13)25/h5-7H,8,19H2,1-4H3. The zero-order valence-electron chi connectivity index (χ0n) is 15.8. The molecule has 0 saturated carbocycles. The van der Waals surface area contributed by atoms with E-state index in [2.05, 4.69) is 10.2 Å². The van der Waals surface area contributed by atoms with Crippen molar-refractivity contribution in [3.63, 3.8) is 0 Å². The number of ketones is 1. The highest BCUT2D eigenvalue weighted by atomic mass is 32.2. The van der Waals surface area contributed by atoms with Gasteiger partial charge in [0.15, 0.2) is 5.78 Å². The number of hydrogen-bond donors (Lipinski definition) is 1. The van der Waals surface area contributed by atoms with Gasteiger partial charge in [-0.05, 0) is 26.0 Å². The summed E-state index contributed by atoms with van der Waals surface area (Å²) >= 11 is 1.000. The van der Waals surface area contributed by atoms with Gasteiger partial charge in [-0.3, -0.25) is 18.7 Å². The van der Waals surface area contributed by atoms with Crippen LogP contribution in [0.2, 0.25) is 0 Å². The fraction of sp³-hybridized carbons (Fsp3) is 0.278. The van der Waals surface area contributed by atoms with Gasteiger partial charge in [-0.15, -0.1) is 10.2 Å². The van der Waals surface area contributed by atoms with E-state index in [0.29, 0.717) is 5.89 Å². The summed E-state index contributed by atoms with van der Waals surface area (Å²) in [6.45, 7) is 3.94. The Morgan fingerprint density at radius 1 is 1.11 bits per heavy atom. The van der Waals surface area contributed by atoms with Gasteiger partial charge in [-0.25, -0.2) is 4.79 Å². The molecule has 0 aliphatic carbocycles. The fourth-order valence-electron chi connectivity index (χ4n) is 2.80. The molecule has 0 radical (unpaired) electrons. The molecule has 146 valence electrons. The van der Waals surface area contributed by atoms with E-state index in [1.165, 1.54) is 14.1 Å². The number of benzene rings is 1. The van der Waals surface area contributed by atoms with Crippen LogP contribution in [0.5, 0.6) is 0 Å². The molecule has 2 N–H and O–H groups in total. The number of rotatable bonds is 5. The van der Waals surface area contributed by atoms with Crippen molar-refractivity contribution >= 4 is 23.4 Å². The van der Waals surface area contributed by atoms with Crippen LogP contribution in [0.1, 0.15) is 21.5 Å². The van der Waals surface area contributed by atoms with E-state index < -0.39 is 17.0 Å². The number of hydrogen-bond acceptors (Lipinski definition) is 8. The normalized spacial score (nSPS) is 11.0. The van der Waals surface area contributed by atoms with Crippen LogP contribution in [-0.2, 0) is 14.1 Å². The average Bonchev–Trinajstić information content (AvgIpc) is 3.11. The summed E-state index contributed by atoms with van der Waals surface area (Å²) in [5, 5.41) is 8.14. The van der Waals surface area contributed by atoms with Gasteiger partial charge in [0.25, 0.3) is 10.8 Å². The monoisotopic (exact) mass is 401 g/mol. The minimum Gasteiger partial charge on any atom is -0.411 e. The van der Waals surface area contributed by atoms with Gasteiger partial charge in [0, 0.05) is 19.7 Å². The molecule has 0 aliphatic rings. The first kappa shape index (κ1) is 19.6. The number of thioether (sulfide) groups is 1. The summed E-state index contributed by atoms with van der Waals surface area (Å²) in [6.07, 6.45) is 0. The molecule has 0 saturated heterocycles. The number of carbonyl (C=O) groups is 1. The zero-order chi connectivity index (χ0) is 20.6. The Morgan fingerprint density at radius 3 is 2.39 bits per heavy atom. The van der Waals surface area contributed by atoms with Crippen LogP contribution in [0.25, 0.3) is 11.5 Å². The Kier molecular flexibility index (Phi) is 5.23. The van der Waals surface area contributed by atoms with E-state index in [9.17, 15) is 14.4 Å². The molecule has 1 aromatic carbocycles. The van der Waals surface area contributed by atoms with E-state index in [0.717, 1.165) is 37.6 Å². The molecule has 2 aromatic heterocycles. The molecular formula is C18H19N5O4S. The van der Waals surface area contributed by atoms with Gasteiger partial charge in [0.1, 0.15) is 11.4 Å². The Morgan fingerprint density at radius 2 is 1.75 bits per heavy atom. The first-order valence-corrected chi connectivity index (χ1v) is 9.31. The van der Waals surface area contributed by atoms with E-state index in [-0.39, 0.29) is 22.4 Å². The highest BCUT2D eigenvalue weighted by Crippen LogP contribution is 2.25. The third-order valence-electron chi connectivity index (χ3n) is 4.19. The SMILES string of the molecule is Cc1cc(C)cc(-c2nnc(SCC(=O)c3c(N)n(C)c(=O)n(C)c3=O)o2)c1. The number of aromatic nitrogens is 4. The lowest BCUT2D eigenvalue weighted by atomic mass is 10.1. The highest BCUT2D eigenvalue weighted by molar-refractivity contribution is 7.99. The lowest BCUT2D eigenvalue weighted by Crippen LogP contribution is -2.41. The van der Waals surface area contributed by atoms with Gasteiger partial charge in [0.05, 0.1) is 5.75 Å². The maximum atomic E-state index is 12.5. The van der Waals surface area contributed by atoms with Crippen molar-refractivity contribution in [1.82, 2.24) is 19.3 Å². The van der Waals surface area contributed by atoms with Crippen LogP contribution in [0.4, 0.5) is 5.82 Å². The molecule has 0 fully saturated rings. The van der Waals surface area contributed by atoms with Crippen LogP contribution in [0.3, 0.4) is 0 Å². The van der Waals surface area contributed by atoms with E-state index >= 15 is 0 Å². The number of nitrogens with two attached hydrogens (primary N) is 1. The second-order valence-corrected chi connectivity index (χ2v) is 7.35. The van der Waals surface area contributed by atoms with Gasteiger partial charge in [-0.2, -0.15) is 0 Å². The Hall–Kier alpha value is -3.14. The lowest BCUT2D eigenvalue weighted by Gasteiger charge is -2.10. The third-order valence-corrected chi connectivity index (χ3v) is 5.01. The minimum absolute atomic E-state index is 0.133. The predicted molar refractivity (Wildman–Crippen MR) is 106 cm³/mol. The molecule has 0 aliphatic heterocycles. The zero-order valence-corrected chi connectivity index (χ0v) is 16.7. The number of nitrogens with zero attached hydrogens (tertiary/aromatic N) is 4. The van der Waals surface area contributed by atoms with E-state index in [1.54, 1.807) is 0 Å². The van der Waals surface area contributed by atoms with Gasteiger partial charge >= 0.3 is 5.69 Å². The second kappa shape index (κ2) is 7.47.